The lowest BCUT2D eigenvalue weighted by Crippen LogP contribution is -1.88. The lowest BCUT2D eigenvalue weighted by atomic mass is 10.1. The van der Waals surface area contributed by atoms with Crippen LogP contribution in [0.3, 0.4) is 0 Å². The summed E-state index contributed by atoms with van der Waals surface area (Å²) in [7, 11) is 0. The number of aryl methyl sites for hydroxylation is 1. The maximum absolute atomic E-state index is 9.49. The van der Waals surface area contributed by atoms with Crippen LogP contribution in [0.1, 0.15) is 18.9 Å². The molecule has 0 heterocycles. The monoisotopic (exact) mass is 243 g/mol. The summed E-state index contributed by atoms with van der Waals surface area (Å²) < 4.78 is 5.63. The number of anilines is 1. The zero-order chi connectivity index (χ0) is 13.0. The minimum atomic E-state index is 0.0371. The molecule has 0 atom stereocenters. The van der Waals surface area contributed by atoms with Gasteiger partial charge in [0.15, 0.2) is 0 Å². The molecule has 0 aliphatic carbocycles. The molecule has 0 fully saturated rings. The molecule has 2 aromatic rings. The molecule has 0 amide bonds. The largest absolute Gasteiger partial charge is 0.506 e. The van der Waals surface area contributed by atoms with Gasteiger partial charge in [-0.15, -0.1) is 0 Å². The van der Waals surface area contributed by atoms with E-state index in [9.17, 15) is 5.11 Å². The van der Waals surface area contributed by atoms with Gasteiger partial charge in [-0.05, 0) is 36.2 Å². The number of aromatic hydroxyl groups is 1. The molecule has 94 valence electrons. The van der Waals surface area contributed by atoms with Crippen LogP contribution in [0, 0.1) is 0 Å². The van der Waals surface area contributed by atoms with E-state index in [1.54, 1.807) is 12.1 Å². The van der Waals surface area contributed by atoms with E-state index in [4.69, 9.17) is 10.5 Å². The zero-order valence-electron chi connectivity index (χ0n) is 10.4. The molecule has 2 aromatic carbocycles. The average Bonchev–Trinajstić information content (AvgIpc) is 2.37. The van der Waals surface area contributed by atoms with Gasteiger partial charge in [0.05, 0.1) is 5.69 Å². The predicted octanol–water partition coefficient (Wildman–Crippen LogP) is 3.72. The molecule has 0 aromatic heterocycles. The maximum atomic E-state index is 9.49. The van der Waals surface area contributed by atoms with Crippen molar-refractivity contribution in [3.63, 3.8) is 0 Å². The first-order valence-electron chi connectivity index (χ1n) is 6.04. The summed E-state index contributed by atoms with van der Waals surface area (Å²) in [6.07, 6.45) is 2.20. The number of nitrogens with two attached hydrogens (primary N) is 1. The van der Waals surface area contributed by atoms with Gasteiger partial charge in [0.2, 0.25) is 0 Å². The van der Waals surface area contributed by atoms with Crippen LogP contribution in [0.5, 0.6) is 17.2 Å². The van der Waals surface area contributed by atoms with Gasteiger partial charge in [-0.2, -0.15) is 0 Å². The first-order valence-corrected chi connectivity index (χ1v) is 6.04. The van der Waals surface area contributed by atoms with Crippen molar-refractivity contribution >= 4 is 5.69 Å². The minimum absolute atomic E-state index is 0.0371. The standard InChI is InChI=1S/C15H17NO2/c1-2-3-11-4-6-12(7-5-11)18-13-8-9-14(16)15(17)10-13/h4-10,17H,2-3,16H2,1H3. The van der Waals surface area contributed by atoms with Gasteiger partial charge in [0.25, 0.3) is 0 Å². The van der Waals surface area contributed by atoms with E-state index < -0.39 is 0 Å². The molecule has 3 N–H and O–H groups in total. The highest BCUT2D eigenvalue weighted by atomic mass is 16.5. The Bertz CT molecular complexity index is 521. The molecule has 0 spiro atoms. The fraction of sp³-hybridized carbons (Fsp3) is 0.200. The molecule has 2 rings (SSSR count). The number of phenolic OH excluding ortho intramolecular Hbond substituents is 1. The molecule has 0 saturated heterocycles. The zero-order valence-corrected chi connectivity index (χ0v) is 10.4. The third kappa shape index (κ3) is 2.94. The molecule has 0 unspecified atom stereocenters. The highest BCUT2D eigenvalue weighted by Crippen LogP contribution is 2.29. The third-order valence-corrected chi connectivity index (χ3v) is 2.70. The summed E-state index contributed by atoms with van der Waals surface area (Å²) in [6, 6.07) is 12.8. The molecule has 0 radical (unpaired) electrons. The Morgan fingerprint density at radius 3 is 2.33 bits per heavy atom. The Hall–Kier alpha value is -2.16. The molecule has 0 aliphatic heterocycles. The number of benzene rings is 2. The Morgan fingerprint density at radius 2 is 1.72 bits per heavy atom. The number of hydrogen-bond donors (Lipinski definition) is 2. The summed E-state index contributed by atoms with van der Waals surface area (Å²) >= 11 is 0. The van der Waals surface area contributed by atoms with Crippen molar-refractivity contribution < 1.29 is 9.84 Å². The van der Waals surface area contributed by atoms with Crippen LogP contribution >= 0.6 is 0 Å². The van der Waals surface area contributed by atoms with Gasteiger partial charge in [0.1, 0.15) is 17.2 Å². The Balaban J connectivity index is 2.10. The molecule has 3 nitrogen and oxygen atoms in total. The Kier molecular flexibility index (Phi) is 3.72. The molecule has 0 saturated carbocycles. The molecular weight excluding hydrogens is 226 g/mol. The smallest absolute Gasteiger partial charge is 0.142 e. The fourth-order valence-corrected chi connectivity index (χ4v) is 1.74. The minimum Gasteiger partial charge on any atom is -0.506 e. The number of nitrogen functional groups attached to an aromatic ring is 1. The molecule has 3 heteroatoms. The number of phenols is 1. The van der Waals surface area contributed by atoms with Crippen molar-refractivity contribution in [2.45, 2.75) is 19.8 Å². The van der Waals surface area contributed by atoms with Crippen LogP contribution < -0.4 is 10.5 Å². The summed E-state index contributed by atoms with van der Waals surface area (Å²) in [6.45, 7) is 2.15. The van der Waals surface area contributed by atoms with Gasteiger partial charge < -0.3 is 15.6 Å². The summed E-state index contributed by atoms with van der Waals surface area (Å²) in [5.74, 6) is 1.36. The summed E-state index contributed by atoms with van der Waals surface area (Å²) in [4.78, 5) is 0. The van der Waals surface area contributed by atoms with Gasteiger partial charge >= 0.3 is 0 Å². The quantitative estimate of drug-likeness (QED) is 0.635. The topological polar surface area (TPSA) is 55.5 Å². The predicted molar refractivity (Wildman–Crippen MR) is 73.0 cm³/mol. The van der Waals surface area contributed by atoms with Crippen molar-refractivity contribution in [3.8, 4) is 17.2 Å². The SMILES string of the molecule is CCCc1ccc(Oc2ccc(N)c(O)c2)cc1. The molecular formula is C15H17NO2. The average molecular weight is 243 g/mol. The number of hydrogen-bond acceptors (Lipinski definition) is 3. The van der Waals surface area contributed by atoms with Crippen LogP contribution in [0.25, 0.3) is 0 Å². The van der Waals surface area contributed by atoms with E-state index in [2.05, 4.69) is 19.1 Å². The highest BCUT2D eigenvalue weighted by molar-refractivity contribution is 5.55. The second-order valence-electron chi connectivity index (χ2n) is 4.22. The van der Waals surface area contributed by atoms with E-state index >= 15 is 0 Å². The lowest BCUT2D eigenvalue weighted by molar-refractivity contribution is 0.457. The molecule has 0 bridgehead atoms. The van der Waals surface area contributed by atoms with Crippen molar-refractivity contribution in [3.05, 3.63) is 48.0 Å². The van der Waals surface area contributed by atoms with Crippen LogP contribution in [0.4, 0.5) is 5.69 Å². The fourth-order valence-electron chi connectivity index (χ4n) is 1.74. The number of ether oxygens (including phenoxy) is 1. The van der Waals surface area contributed by atoms with Gasteiger partial charge in [-0.1, -0.05) is 25.5 Å². The van der Waals surface area contributed by atoms with Crippen molar-refractivity contribution in [1.29, 1.82) is 0 Å². The van der Waals surface area contributed by atoms with E-state index in [1.165, 1.54) is 11.6 Å². The molecule has 18 heavy (non-hydrogen) atoms. The van der Waals surface area contributed by atoms with Crippen molar-refractivity contribution in [2.75, 3.05) is 5.73 Å². The van der Waals surface area contributed by atoms with Gasteiger partial charge in [-0.3, -0.25) is 0 Å². The highest BCUT2D eigenvalue weighted by Gasteiger charge is 2.01. The van der Waals surface area contributed by atoms with E-state index in [0.29, 0.717) is 11.4 Å². The van der Waals surface area contributed by atoms with Crippen molar-refractivity contribution in [2.24, 2.45) is 0 Å². The van der Waals surface area contributed by atoms with Crippen LogP contribution in [-0.2, 0) is 6.42 Å². The van der Waals surface area contributed by atoms with Gasteiger partial charge in [0, 0.05) is 6.07 Å². The molecule has 0 aliphatic rings. The van der Waals surface area contributed by atoms with E-state index in [1.807, 2.05) is 12.1 Å². The second-order valence-corrected chi connectivity index (χ2v) is 4.22. The first kappa shape index (κ1) is 12.3. The Labute approximate surface area is 107 Å². The Morgan fingerprint density at radius 1 is 1.06 bits per heavy atom. The van der Waals surface area contributed by atoms with Crippen LogP contribution in [0.2, 0.25) is 0 Å². The second kappa shape index (κ2) is 5.45. The lowest BCUT2D eigenvalue weighted by Gasteiger charge is -2.07. The summed E-state index contributed by atoms with van der Waals surface area (Å²) in [5.41, 5.74) is 7.17. The number of rotatable bonds is 4. The van der Waals surface area contributed by atoms with Crippen LogP contribution in [0.15, 0.2) is 42.5 Å². The van der Waals surface area contributed by atoms with Crippen molar-refractivity contribution in [1.82, 2.24) is 0 Å². The van der Waals surface area contributed by atoms with E-state index in [0.717, 1.165) is 18.6 Å². The first-order chi connectivity index (χ1) is 8.69. The third-order valence-electron chi connectivity index (χ3n) is 2.70. The summed E-state index contributed by atoms with van der Waals surface area (Å²) in [5, 5.41) is 9.49. The maximum Gasteiger partial charge on any atom is 0.142 e. The van der Waals surface area contributed by atoms with E-state index in [-0.39, 0.29) is 5.75 Å². The van der Waals surface area contributed by atoms with Gasteiger partial charge in [-0.25, -0.2) is 0 Å². The normalized spacial score (nSPS) is 10.3. The van der Waals surface area contributed by atoms with Crippen LogP contribution in [-0.4, -0.2) is 5.11 Å².